The second-order valence-electron chi connectivity index (χ2n) is 7.30. The minimum atomic E-state index is -4.47. The highest BCUT2D eigenvalue weighted by Gasteiger charge is 2.32. The number of amides is 1. The summed E-state index contributed by atoms with van der Waals surface area (Å²) < 4.78 is 63.6. The van der Waals surface area contributed by atoms with E-state index in [0.29, 0.717) is 34.3 Å². The van der Waals surface area contributed by atoms with Gasteiger partial charge in [0, 0.05) is 24.3 Å². The lowest BCUT2D eigenvalue weighted by Crippen LogP contribution is -2.46. The van der Waals surface area contributed by atoms with Crippen molar-refractivity contribution in [2.75, 3.05) is 6.54 Å². The molecule has 12 heteroatoms. The molecule has 7 nitrogen and oxygen atoms in total. The second kappa shape index (κ2) is 11.3. The molecule has 0 bridgehead atoms. The van der Waals surface area contributed by atoms with Crippen LogP contribution in [0, 0.1) is 5.82 Å². The molecule has 1 fully saturated rings. The highest BCUT2D eigenvalue weighted by Crippen LogP contribution is 2.28. The number of nitrogens with one attached hydrogen (secondary N) is 1. The van der Waals surface area contributed by atoms with Crippen molar-refractivity contribution in [1.82, 2.24) is 24.6 Å². The molecule has 1 saturated heterocycles. The number of aromatic nitrogens is 3. The molecule has 0 saturated carbocycles. The predicted octanol–water partition coefficient (Wildman–Crippen LogP) is 3.75. The lowest BCUT2D eigenvalue weighted by molar-refractivity contribution is -0.141. The number of nitrogens with zero attached hydrogens (tertiary/aromatic N) is 4. The van der Waals surface area contributed by atoms with Crippen LogP contribution in [0.4, 0.5) is 17.6 Å². The minimum Gasteiger partial charge on any atom is -0.353 e. The highest BCUT2D eigenvalue weighted by molar-refractivity contribution is 7.82. The molecule has 0 spiro atoms. The van der Waals surface area contributed by atoms with Crippen molar-refractivity contribution in [3.05, 3.63) is 72.2 Å². The average Bonchev–Trinajstić information content (AvgIpc) is 2.82. The SMILES string of the molecule is CC1CCN1S(=O)c1ccc(F)cc1.O=CNCc1cc(-c2ccc(C(F)(F)F)nc2)ncn1. The van der Waals surface area contributed by atoms with Crippen LogP contribution in [0.15, 0.2) is 59.9 Å². The molecule has 180 valence electrons. The number of carbonyl (C=O) groups excluding carboxylic acids is 1. The zero-order valence-electron chi connectivity index (χ0n) is 18.0. The van der Waals surface area contributed by atoms with Crippen molar-refractivity contribution >= 4 is 17.4 Å². The maximum absolute atomic E-state index is 12.6. The van der Waals surface area contributed by atoms with Crippen molar-refractivity contribution < 1.29 is 26.6 Å². The van der Waals surface area contributed by atoms with Gasteiger partial charge in [0.15, 0.2) is 0 Å². The Morgan fingerprint density at radius 3 is 2.41 bits per heavy atom. The van der Waals surface area contributed by atoms with E-state index >= 15 is 0 Å². The Bertz CT molecular complexity index is 1130. The summed E-state index contributed by atoms with van der Waals surface area (Å²) in [5.74, 6) is -0.289. The predicted molar refractivity (Wildman–Crippen MR) is 117 cm³/mol. The van der Waals surface area contributed by atoms with E-state index in [9.17, 15) is 26.6 Å². The van der Waals surface area contributed by atoms with Crippen LogP contribution in [0.1, 0.15) is 24.7 Å². The molecule has 2 aromatic heterocycles. The van der Waals surface area contributed by atoms with E-state index < -0.39 is 22.9 Å². The van der Waals surface area contributed by atoms with E-state index in [2.05, 4.69) is 20.3 Å². The monoisotopic (exact) mass is 495 g/mol. The maximum Gasteiger partial charge on any atom is 0.433 e. The van der Waals surface area contributed by atoms with Crippen LogP contribution in [0.2, 0.25) is 0 Å². The fourth-order valence-electron chi connectivity index (χ4n) is 2.94. The van der Waals surface area contributed by atoms with Gasteiger partial charge in [-0.3, -0.25) is 9.78 Å². The van der Waals surface area contributed by atoms with E-state index in [4.69, 9.17) is 0 Å². The Balaban J connectivity index is 0.000000202. The third kappa shape index (κ3) is 6.64. The Morgan fingerprint density at radius 1 is 1.15 bits per heavy atom. The summed E-state index contributed by atoms with van der Waals surface area (Å²) in [5, 5.41) is 2.44. The van der Waals surface area contributed by atoms with E-state index in [0.717, 1.165) is 25.2 Å². The second-order valence-corrected chi connectivity index (χ2v) is 8.74. The van der Waals surface area contributed by atoms with Gasteiger partial charge in [-0.2, -0.15) is 13.2 Å². The Kier molecular flexibility index (Phi) is 8.40. The van der Waals surface area contributed by atoms with Crippen LogP contribution in [0.3, 0.4) is 0 Å². The smallest absolute Gasteiger partial charge is 0.353 e. The van der Waals surface area contributed by atoms with Gasteiger partial charge in [-0.05, 0) is 55.8 Å². The van der Waals surface area contributed by atoms with Crippen molar-refractivity contribution in [1.29, 1.82) is 0 Å². The first-order valence-corrected chi connectivity index (χ1v) is 11.3. The Labute approximate surface area is 195 Å². The molecule has 3 heterocycles. The average molecular weight is 496 g/mol. The van der Waals surface area contributed by atoms with Crippen LogP contribution in [-0.4, -0.2) is 42.5 Å². The zero-order valence-corrected chi connectivity index (χ0v) is 18.8. The molecule has 3 aromatic rings. The van der Waals surface area contributed by atoms with E-state index in [1.165, 1.54) is 24.5 Å². The van der Waals surface area contributed by atoms with Gasteiger partial charge in [-0.25, -0.2) is 22.9 Å². The topological polar surface area (TPSA) is 88.1 Å². The molecule has 0 radical (unpaired) electrons. The molecule has 1 aliphatic heterocycles. The van der Waals surface area contributed by atoms with Gasteiger partial charge in [-0.15, -0.1) is 0 Å². The van der Waals surface area contributed by atoms with Gasteiger partial charge < -0.3 is 5.32 Å². The van der Waals surface area contributed by atoms with Crippen molar-refractivity contribution in [3.8, 4) is 11.3 Å². The zero-order chi connectivity index (χ0) is 24.7. The molecule has 1 aromatic carbocycles. The van der Waals surface area contributed by atoms with Crippen LogP contribution in [0.5, 0.6) is 0 Å². The summed E-state index contributed by atoms with van der Waals surface area (Å²) in [6, 6.07) is 9.97. The summed E-state index contributed by atoms with van der Waals surface area (Å²) in [5.41, 5.74) is 0.455. The molecule has 4 rings (SSSR count). The summed E-state index contributed by atoms with van der Waals surface area (Å²) in [6.07, 6.45) is -0.478. The van der Waals surface area contributed by atoms with Gasteiger partial charge in [-0.1, -0.05) is 0 Å². The third-order valence-electron chi connectivity index (χ3n) is 4.93. The number of hydrogen-bond acceptors (Lipinski definition) is 5. The number of rotatable bonds is 6. The number of pyridine rings is 1. The molecule has 1 N–H and O–H groups in total. The van der Waals surface area contributed by atoms with Gasteiger partial charge >= 0.3 is 6.18 Å². The first kappa shape index (κ1) is 25.4. The summed E-state index contributed by atoms with van der Waals surface area (Å²) in [6.45, 7) is 3.13. The van der Waals surface area contributed by atoms with Crippen LogP contribution < -0.4 is 5.32 Å². The number of hydrogen-bond donors (Lipinski definition) is 1. The van der Waals surface area contributed by atoms with Crippen molar-refractivity contribution in [2.45, 2.75) is 37.0 Å². The molecule has 2 unspecified atom stereocenters. The van der Waals surface area contributed by atoms with Gasteiger partial charge in [0.05, 0.1) is 22.8 Å². The Hall–Kier alpha value is -3.25. The molecule has 34 heavy (non-hydrogen) atoms. The maximum atomic E-state index is 12.6. The van der Waals surface area contributed by atoms with Crippen molar-refractivity contribution in [2.24, 2.45) is 0 Å². The van der Waals surface area contributed by atoms with Crippen LogP contribution in [-0.2, 0) is 28.5 Å². The fourth-order valence-corrected chi connectivity index (χ4v) is 4.28. The molecule has 2 atom stereocenters. The van der Waals surface area contributed by atoms with E-state index in [1.54, 1.807) is 18.2 Å². The first-order chi connectivity index (χ1) is 16.2. The number of alkyl halides is 3. The lowest BCUT2D eigenvalue weighted by Gasteiger charge is -2.36. The molecular formula is C22H21F4N5O2S. The lowest BCUT2D eigenvalue weighted by atomic mass is 10.1. The van der Waals surface area contributed by atoms with E-state index in [-0.39, 0.29) is 12.4 Å². The summed E-state index contributed by atoms with van der Waals surface area (Å²) >= 11 is 0. The standard InChI is InChI=1S/C12H9F3N4O.C10H12FNOS/c13-12(14,15)11-2-1-8(4-17-11)10-3-9(5-16-7-20)18-6-19-10;1-8-6-7-12(8)14(13)10-4-2-9(11)3-5-10/h1-4,6-7H,5H2,(H,16,20);2-5,8H,6-7H2,1H3. The largest absolute Gasteiger partial charge is 0.433 e. The molecule has 1 amide bonds. The quantitative estimate of drug-likeness (QED) is 0.416. The summed E-state index contributed by atoms with van der Waals surface area (Å²) in [4.78, 5) is 22.1. The fraction of sp³-hybridized carbons (Fsp3) is 0.273. The normalized spacial score (nSPS) is 16.6. The summed E-state index contributed by atoms with van der Waals surface area (Å²) in [7, 11) is -1.11. The molecule has 0 aliphatic carbocycles. The number of halogens is 4. The van der Waals surface area contributed by atoms with Crippen LogP contribution >= 0.6 is 0 Å². The Morgan fingerprint density at radius 2 is 1.88 bits per heavy atom. The van der Waals surface area contributed by atoms with E-state index in [1.807, 2.05) is 11.2 Å². The van der Waals surface area contributed by atoms with Crippen molar-refractivity contribution in [3.63, 3.8) is 0 Å². The third-order valence-corrected chi connectivity index (χ3v) is 6.57. The van der Waals surface area contributed by atoms with Gasteiger partial charge in [0.25, 0.3) is 0 Å². The highest BCUT2D eigenvalue weighted by atomic mass is 32.2. The molecular weight excluding hydrogens is 474 g/mol. The number of carbonyl (C=O) groups is 1. The number of benzene rings is 1. The minimum absolute atomic E-state index is 0.215. The molecule has 1 aliphatic rings. The first-order valence-electron chi connectivity index (χ1n) is 10.1. The van der Waals surface area contributed by atoms with Crippen LogP contribution in [0.25, 0.3) is 11.3 Å². The van der Waals surface area contributed by atoms with Gasteiger partial charge in [0.1, 0.15) is 28.8 Å². The van der Waals surface area contributed by atoms with Gasteiger partial charge in [0.2, 0.25) is 6.41 Å².